The molecule has 1 aromatic rings. The average Bonchev–Trinajstić information content (AvgIpc) is 2.15. The van der Waals surface area contributed by atoms with E-state index in [0.29, 0.717) is 0 Å². The second-order valence-electron chi connectivity index (χ2n) is 4.55. The molecule has 0 nitrogen and oxygen atoms in total. The predicted molar refractivity (Wildman–Crippen MR) is 66.1 cm³/mol. The van der Waals surface area contributed by atoms with Crippen molar-refractivity contribution in [3.63, 3.8) is 0 Å². The summed E-state index contributed by atoms with van der Waals surface area (Å²) in [5.74, 6) is 0. The molecule has 1 radical (unpaired) electrons. The molecule has 0 saturated heterocycles. The summed E-state index contributed by atoms with van der Waals surface area (Å²) in [6.45, 7) is 9.49. The van der Waals surface area contributed by atoms with Gasteiger partial charge < -0.3 is 0 Å². The van der Waals surface area contributed by atoms with Gasteiger partial charge in [-0.15, -0.1) is 0 Å². The van der Waals surface area contributed by atoms with Crippen LogP contribution in [0.4, 0.5) is 0 Å². The van der Waals surface area contributed by atoms with Crippen molar-refractivity contribution in [2.45, 2.75) is 44.8 Å². The predicted octanol–water partition coefficient (Wildman–Crippen LogP) is 4.08. The lowest BCUT2D eigenvalue weighted by Gasteiger charge is -2.22. The number of hydrogen-bond acceptors (Lipinski definition) is 0. The lowest BCUT2D eigenvalue weighted by Crippen LogP contribution is -2.24. The van der Waals surface area contributed by atoms with Crippen LogP contribution in [0.2, 0.25) is 11.1 Å². The van der Waals surface area contributed by atoms with Crippen molar-refractivity contribution >= 4 is 8.80 Å². The first-order chi connectivity index (χ1) is 6.61. The molecule has 0 aliphatic carbocycles. The third-order valence-electron chi connectivity index (χ3n) is 2.73. The lowest BCUT2D eigenvalue weighted by atomic mass is 10.2. The Kier molecular flexibility index (Phi) is 4.40. The number of benzene rings is 1. The van der Waals surface area contributed by atoms with E-state index in [1.165, 1.54) is 11.6 Å². The fourth-order valence-electron chi connectivity index (χ4n) is 1.91. The van der Waals surface area contributed by atoms with E-state index in [1.54, 1.807) is 0 Å². The molecular weight excluding hydrogens is 184 g/mol. The summed E-state index contributed by atoms with van der Waals surface area (Å²) in [4.78, 5) is 0. The molecule has 1 heteroatoms. The zero-order valence-corrected chi connectivity index (χ0v) is 10.7. The summed E-state index contributed by atoms with van der Waals surface area (Å²) in [6.07, 6.45) is 0. The Labute approximate surface area is 90.0 Å². The van der Waals surface area contributed by atoms with E-state index in [1.807, 2.05) is 0 Å². The fourth-order valence-corrected chi connectivity index (χ4v) is 4.76. The molecule has 0 unspecified atom stereocenters. The Morgan fingerprint density at radius 2 is 1.43 bits per heavy atom. The van der Waals surface area contributed by atoms with Crippen molar-refractivity contribution < 1.29 is 0 Å². The normalized spacial score (nSPS) is 11.6. The van der Waals surface area contributed by atoms with Crippen LogP contribution in [0.25, 0.3) is 0 Å². The second-order valence-corrected chi connectivity index (χ2v) is 8.36. The van der Waals surface area contributed by atoms with Gasteiger partial charge in [-0.05, 0) is 6.04 Å². The maximum atomic E-state index is 2.37. The maximum absolute atomic E-state index is 2.37. The van der Waals surface area contributed by atoms with Crippen LogP contribution in [-0.2, 0) is 6.04 Å². The largest absolute Gasteiger partial charge is 0.0653 e. The summed E-state index contributed by atoms with van der Waals surface area (Å²) < 4.78 is 0. The number of rotatable bonds is 4. The van der Waals surface area contributed by atoms with Gasteiger partial charge in [0.2, 0.25) is 0 Å². The molecule has 0 fully saturated rings. The van der Waals surface area contributed by atoms with E-state index in [0.717, 1.165) is 11.1 Å². The van der Waals surface area contributed by atoms with Gasteiger partial charge in [-0.2, -0.15) is 0 Å². The van der Waals surface area contributed by atoms with Crippen LogP contribution < -0.4 is 0 Å². The van der Waals surface area contributed by atoms with Crippen molar-refractivity contribution in [3.8, 4) is 0 Å². The van der Waals surface area contributed by atoms with Gasteiger partial charge in [-0.1, -0.05) is 74.7 Å². The summed E-state index contributed by atoms with van der Waals surface area (Å²) in [5.41, 5.74) is 3.27. The molecule has 0 saturated carbocycles. The SMILES string of the molecule is CC(C)[Si](Cc1ccccc1)C(C)C. The van der Waals surface area contributed by atoms with Crippen molar-refractivity contribution in [2.75, 3.05) is 0 Å². The zero-order chi connectivity index (χ0) is 10.6. The van der Waals surface area contributed by atoms with Crippen LogP contribution in [0.1, 0.15) is 33.3 Å². The molecule has 0 aromatic heterocycles. The van der Waals surface area contributed by atoms with Crippen molar-refractivity contribution in [2.24, 2.45) is 0 Å². The van der Waals surface area contributed by atoms with Crippen LogP contribution in [-0.4, -0.2) is 8.80 Å². The highest BCUT2D eigenvalue weighted by Crippen LogP contribution is 2.23. The monoisotopic (exact) mass is 205 g/mol. The van der Waals surface area contributed by atoms with Crippen LogP contribution in [0.5, 0.6) is 0 Å². The molecule has 14 heavy (non-hydrogen) atoms. The Bertz CT molecular complexity index is 243. The van der Waals surface area contributed by atoms with E-state index >= 15 is 0 Å². The minimum atomic E-state index is -0.231. The van der Waals surface area contributed by atoms with Gasteiger partial charge in [-0.3, -0.25) is 0 Å². The van der Waals surface area contributed by atoms with Gasteiger partial charge >= 0.3 is 0 Å². The molecule has 1 aromatic carbocycles. The first-order valence-corrected chi connectivity index (χ1v) is 7.37. The third kappa shape index (κ3) is 3.30. The highest BCUT2D eigenvalue weighted by molar-refractivity contribution is 6.61. The van der Waals surface area contributed by atoms with E-state index in [9.17, 15) is 0 Å². The summed E-state index contributed by atoms with van der Waals surface area (Å²) >= 11 is 0. The highest BCUT2D eigenvalue weighted by Gasteiger charge is 2.19. The summed E-state index contributed by atoms with van der Waals surface area (Å²) in [7, 11) is -0.231. The van der Waals surface area contributed by atoms with E-state index < -0.39 is 0 Å². The summed E-state index contributed by atoms with van der Waals surface area (Å²) in [5, 5.41) is 0. The molecule has 0 atom stereocenters. The molecule has 0 spiro atoms. The van der Waals surface area contributed by atoms with Gasteiger partial charge in [0.25, 0.3) is 0 Å². The molecule has 0 aliphatic heterocycles. The van der Waals surface area contributed by atoms with Gasteiger partial charge in [-0.25, -0.2) is 0 Å². The maximum Gasteiger partial charge on any atom is 0.0580 e. The molecule has 0 aliphatic rings. The molecular formula is C13H21Si. The van der Waals surface area contributed by atoms with Gasteiger partial charge in [0, 0.05) is 0 Å². The molecule has 1 rings (SSSR count). The molecule has 0 bridgehead atoms. The molecule has 0 amide bonds. The lowest BCUT2D eigenvalue weighted by molar-refractivity contribution is 0.919. The van der Waals surface area contributed by atoms with Crippen molar-refractivity contribution in [1.29, 1.82) is 0 Å². The van der Waals surface area contributed by atoms with E-state index in [4.69, 9.17) is 0 Å². The topological polar surface area (TPSA) is 0 Å². The Balaban J connectivity index is 2.65. The molecule has 0 N–H and O–H groups in total. The van der Waals surface area contributed by atoms with Crippen LogP contribution in [0.15, 0.2) is 30.3 Å². The minimum Gasteiger partial charge on any atom is -0.0653 e. The Morgan fingerprint density at radius 1 is 0.929 bits per heavy atom. The third-order valence-corrected chi connectivity index (χ3v) is 6.52. The summed E-state index contributed by atoms with van der Waals surface area (Å²) in [6, 6.07) is 12.2. The van der Waals surface area contributed by atoms with Crippen LogP contribution >= 0.6 is 0 Å². The van der Waals surface area contributed by atoms with E-state index in [2.05, 4.69) is 58.0 Å². The first kappa shape index (κ1) is 11.5. The van der Waals surface area contributed by atoms with Crippen molar-refractivity contribution in [1.82, 2.24) is 0 Å². The fraction of sp³-hybridized carbons (Fsp3) is 0.538. The van der Waals surface area contributed by atoms with Crippen molar-refractivity contribution in [3.05, 3.63) is 35.9 Å². The minimum absolute atomic E-state index is 0.231. The van der Waals surface area contributed by atoms with Crippen LogP contribution in [0.3, 0.4) is 0 Å². The van der Waals surface area contributed by atoms with E-state index in [-0.39, 0.29) is 8.80 Å². The molecule has 77 valence electrons. The standard InChI is InChI=1S/C13H21Si/c1-11(2)14(12(3)4)10-13-8-6-5-7-9-13/h5-9,11-12H,10H2,1-4H3. The average molecular weight is 205 g/mol. The van der Waals surface area contributed by atoms with Crippen LogP contribution in [0, 0.1) is 0 Å². The van der Waals surface area contributed by atoms with Gasteiger partial charge in [0.05, 0.1) is 8.80 Å². The molecule has 0 heterocycles. The zero-order valence-electron chi connectivity index (χ0n) is 9.75. The smallest absolute Gasteiger partial charge is 0.0580 e. The quantitative estimate of drug-likeness (QED) is 0.650. The Morgan fingerprint density at radius 3 is 1.86 bits per heavy atom. The number of hydrogen-bond donors (Lipinski definition) is 0. The Hall–Kier alpha value is -0.563. The first-order valence-electron chi connectivity index (χ1n) is 5.50. The highest BCUT2D eigenvalue weighted by atomic mass is 28.3. The van der Waals surface area contributed by atoms with Gasteiger partial charge in [0.15, 0.2) is 0 Å². The second kappa shape index (κ2) is 5.35. The van der Waals surface area contributed by atoms with Gasteiger partial charge in [0.1, 0.15) is 0 Å².